The number of nitrogens with zero attached hydrogens (tertiary/aromatic N) is 2. The zero-order valence-electron chi connectivity index (χ0n) is 5.02. The summed E-state index contributed by atoms with van der Waals surface area (Å²) in [5, 5.41) is 0. The molecule has 0 radical (unpaired) electrons. The van der Waals surface area contributed by atoms with Crippen LogP contribution >= 0.6 is 0 Å². The zero-order valence-corrected chi connectivity index (χ0v) is 7.29. The Kier molecular flexibility index (Phi) is 2.17. The molecular formula is C6H5N3Pt. The molecule has 2 aromatic heterocycles. The van der Waals surface area contributed by atoms with E-state index in [2.05, 4.69) is 15.0 Å². The molecule has 0 unspecified atom stereocenters. The standard InChI is InChI=1S/C6H5N3.Pt/c1-2-5-6(7-3-1)9-4-8-5;/h1-4H,(H,7,8,9);. The number of imidazole rings is 1. The predicted molar refractivity (Wildman–Crippen MR) is 33.9 cm³/mol. The fourth-order valence-corrected chi connectivity index (χ4v) is 0.775. The van der Waals surface area contributed by atoms with E-state index in [1.165, 1.54) is 0 Å². The normalized spacial score (nSPS) is 9.20. The molecule has 0 saturated carbocycles. The van der Waals surface area contributed by atoms with Crippen molar-refractivity contribution < 1.29 is 21.1 Å². The molecule has 0 saturated heterocycles. The first-order valence-corrected chi connectivity index (χ1v) is 2.71. The van der Waals surface area contributed by atoms with Gasteiger partial charge in [0.05, 0.1) is 11.8 Å². The molecule has 0 aliphatic heterocycles. The van der Waals surface area contributed by atoms with Gasteiger partial charge in [0.25, 0.3) is 0 Å². The van der Waals surface area contributed by atoms with Crippen LogP contribution in [0.2, 0.25) is 0 Å². The van der Waals surface area contributed by atoms with Crippen molar-refractivity contribution in [2.75, 3.05) is 0 Å². The summed E-state index contributed by atoms with van der Waals surface area (Å²) in [6.07, 6.45) is 3.36. The molecule has 2 aromatic rings. The monoisotopic (exact) mass is 314 g/mol. The van der Waals surface area contributed by atoms with E-state index in [1.54, 1.807) is 12.5 Å². The summed E-state index contributed by atoms with van der Waals surface area (Å²) < 4.78 is 0. The summed E-state index contributed by atoms with van der Waals surface area (Å²) in [5.41, 5.74) is 1.76. The zero-order chi connectivity index (χ0) is 6.10. The third-order valence-corrected chi connectivity index (χ3v) is 1.19. The van der Waals surface area contributed by atoms with Crippen molar-refractivity contribution in [3.05, 3.63) is 24.7 Å². The van der Waals surface area contributed by atoms with Crippen LogP contribution in [0.15, 0.2) is 24.7 Å². The van der Waals surface area contributed by atoms with Crippen LogP contribution in [0, 0.1) is 0 Å². The first-order valence-electron chi connectivity index (χ1n) is 2.71. The number of H-pyrrole nitrogens is 1. The molecular weight excluding hydrogens is 309 g/mol. The number of nitrogens with one attached hydrogen (secondary N) is 1. The molecule has 0 aromatic carbocycles. The van der Waals surface area contributed by atoms with Gasteiger partial charge in [0.15, 0.2) is 5.65 Å². The molecule has 0 spiro atoms. The minimum absolute atomic E-state index is 0. The van der Waals surface area contributed by atoms with E-state index in [1.807, 2.05) is 12.1 Å². The Morgan fingerprint density at radius 2 is 2.20 bits per heavy atom. The van der Waals surface area contributed by atoms with Gasteiger partial charge in [0, 0.05) is 27.3 Å². The summed E-state index contributed by atoms with van der Waals surface area (Å²) in [7, 11) is 0. The molecule has 1 N–H and O–H groups in total. The van der Waals surface area contributed by atoms with E-state index in [0.717, 1.165) is 11.2 Å². The molecule has 10 heavy (non-hydrogen) atoms. The summed E-state index contributed by atoms with van der Waals surface area (Å²) >= 11 is 0. The number of fused-ring (bicyclic) bond motifs is 1. The molecule has 0 fully saturated rings. The fourth-order valence-electron chi connectivity index (χ4n) is 0.775. The Hall–Kier alpha value is -0.692. The van der Waals surface area contributed by atoms with Crippen LogP contribution in [0.25, 0.3) is 11.2 Å². The maximum absolute atomic E-state index is 4.00. The Bertz CT molecular complexity index is 287. The smallest absolute Gasteiger partial charge is 0.177 e. The molecule has 4 heteroatoms. The van der Waals surface area contributed by atoms with Crippen LogP contribution in [-0.4, -0.2) is 15.0 Å². The SMILES string of the molecule is [Pt].c1cnc2nc[nH]c2c1. The molecule has 2 heterocycles. The minimum Gasteiger partial charge on any atom is -0.343 e. The molecule has 0 atom stereocenters. The molecule has 0 amide bonds. The second-order valence-electron chi connectivity index (χ2n) is 1.78. The first-order chi connectivity index (χ1) is 4.47. The van der Waals surface area contributed by atoms with Gasteiger partial charge in [-0.25, -0.2) is 9.97 Å². The van der Waals surface area contributed by atoms with Crippen molar-refractivity contribution in [3.8, 4) is 0 Å². The largest absolute Gasteiger partial charge is 0.343 e. The summed E-state index contributed by atoms with van der Waals surface area (Å²) in [5.74, 6) is 0. The van der Waals surface area contributed by atoms with Gasteiger partial charge in [0.2, 0.25) is 0 Å². The van der Waals surface area contributed by atoms with Gasteiger partial charge in [-0.3, -0.25) is 0 Å². The van der Waals surface area contributed by atoms with Crippen LogP contribution < -0.4 is 0 Å². The van der Waals surface area contributed by atoms with Crippen molar-refractivity contribution in [2.45, 2.75) is 0 Å². The molecule has 2 rings (SSSR count). The number of hydrogen-bond donors (Lipinski definition) is 1. The second kappa shape index (κ2) is 2.93. The van der Waals surface area contributed by atoms with Crippen LogP contribution in [0.1, 0.15) is 0 Å². The topological polar surface area (TPSA) is 41.6 Å². The quantitative estimate of drug-likeness (QED) is 0.787. The minimum atomic E-state index is 0. The number of hydrogen-bond acceptors (Lipinski definition) is 2. The number of aromatic nitrogens is 3. The maximum atomic E-state index is 4.00. The third-order valence-electron chi connectivity index (χ3n) is 1.19. The molecule has 3 nitrogen and oxygen atoms in total. The first kappa shape index (κ1) is 7.42. The van der Waals surface area contributed by atoms with Crippen molar-refractivity contribution in [2.24, 2.45) is 0 Å². The van der Waals surface area contributed by atoms with Gasteiger partial charge in [-0.1, -0.05) is 0 Å². The van der Waals surface area contributed by atoms with Gasteiger partial charge >= 0.3 is 0 Å². The Morgan fingerprint density at radius 3 is 3.00 bits per heavy atom. The van der Waals surface area contributed by atoms with Gasteiger partial charge < -0.3 is 4.98 Å². The number of rotatable bonds is 0. The molecule has 0 aliphatic carbocycles. The van der Waals surface area contributed by atoms with Crippen molar-refractivity contribution >= 4 is 11.2 Å². The molecule has 0 aliphatic rings. The van der Waals surface area contributed by atoms with Gasteiger partial charge in [-0.2, -0.15) is 0 Å². The Balaban J connectivity index is 0.000000500. The average molecular weight is 314 g/mol. The summed E-state index contributed by atoms with van der Waals surface area (Å²) in [6.45, 7) is 0. The predicted octanol–water partition coefficient (Wildman–Crippen LogP) is 0.955. The van der Waals surface area contributed by atoms with Gasteiger partial charge in [-0.15, -0.1) is 0 Å². The van der Waals surface area contributed by atoms with Crippen molar-refractivity contribution in [1.82, 2.24) is 15.0 Å². The molecule has 0 bridgehead atoms. The van der Waals surface area contributed by atoms with Crippen LogP contribution in [0.5, 0.6) is 0 Å². The van der Waals surface area contributed by atoms with Crippen molar-refractivity contribution in [1.29, 1.82) is 0 Å². The van der Waals surface area contributed by atoms with E-state index in [0.29, 0.717) is 0 Å². The van der Waals surface area contributed by atoms with Crippen LogP contribution in [-0.2, 0) is 21.1 Å². The fraction of sp³-hybridized carbons (Fsp3) is 0. The van der Waals surface area contributed by atoms with E-state index in [4.69, 9.17) is 0 Å². The summed E-state index contributed by atoms with van der Waals surface area (Å²) in [6, 6.07) is 3.82. The Labute approximate surface area is 72.1 Å². The maximum Gasteiger partial charge on any atom is 0.177 e. The van der Waals surface area contributed by atoms with Crippen molar-refractivity contribution in [3.63, 3.8) is 0 Å². The van der Waals surface area contributed by atoms with E-state index >= 15 is 0 Å². The number of pyridine rings is 1. The van der Waals surface area contributed by atoms with E-state index < -0.39 is 0 Å². The van der Waals surface area contributed by atoms with Gasteiger partial charge in [0.1, 0.15) is 0 Å². The average Bonchev–Trinajstić information content (AvgIpc) is 2.33. The Morgan fingerprint density at radius 1 is 1.30 bits per heavy atom. The van der Waals surface area contributed by atoms with Crippen LogP contribution in [0.4, 0.5) is 0 Å². The van der Waals surface area contributed by atoms with E-state index in [9.17, 15) is 0 Å². The second-order valence-corrected chi connectivity index (χ2v) is 1.78. The third kappa shape index (κ3) is 1.09. The van der Waals surface area contributed by atoms with Gasteiger partial charge in [-0.05, 0) is 12.1 Å². The van der Waals surface area contributed by atoms with E-state index in [-0.39, 0.29) is 21.1 Å². The number of aromatic amines is 1. The summed E-state index contributed by atoms with van der Waals surface area (Å²) in [4.78, 5) is 10.9. The van der Waals surface area contributed by atoms with Crippen LogP contribution in [0.3, 0.4) is 0 Å². The molecule has 54 valence electrons.